The molecule has 0 aliphatic rings. The SMILES string of the molecule is N#Cc1[nH]ncc1C#CC=O. The topological polar surface area (TPSA) is 69.5 Å². The maximum absolute atomic E-state index is 9.81. The van der Waals surface area contributed by atoms with Gasteiger partial charge < -0.3 is 0 Å². The van der Waals surface area contributed by atoms with Gasteiger partial charge >= 0.3 is 0 Å². The molecule has 0 bridgehead atoms. The predicted octanol–water partition coefficient (Wildman–Crippen LogP) is -0.168. The van der Waals surface area contributed by atoms with Crippen LogP contribution in [0.5, 0.6) is 0 Å². The minimum atomic E-state index is 0.277. The summed E-state index contributed by atoms with van der Waals surface area (Å²) in [7, 11) is 0. The lowest BCUT2D eigenvalue weighted by atomic mass is 10.3. The number of hydrogen-bond acceptors (Lipinski definition) is 3. The highest BCUT2D eigenvalue weighted by Crippen LogP contribution is 1.98. The highest BCUT2D eigenvalue weighted by atomic mass is 16.1. The summed E-state index contributed by atoms with van der Waals surface area (Å²) in [5, 5.41) is 14.4. The van der Waals surface area contributed by atoms with Crippen LogP contribution in [0.15, 0.2) is 6.20 Å². The Balaban J connectivity index is 3.05. The summed E-state index contributed by atoms with van der Waals surface area (Å²) < 4.78 is 0. The number of nitrogens with zero attached hydrogens (tertiary/aromatic N) is 2. The average molecular weight is 145 g/mol. The fourth-order valence-corrected chi connectivity index (χ4v) is 0.573. The van der Waals surface area contributed by atoms with Gasteiger partial charge in [-0.05, 0) is 5.92 Å². The summed E-state index contributed by atoms with van der Waals surface area (Å²) in [6.45, 7) is 0. The third-order valence-electron chi connectivity index (χ3n) is 1.02. The lowest BCUT2D eigenvalue weighted by Crippen LogP contribution is -1.77. The lowest BCUT2D eigenvalue weighted by molar-refractivity contribution is -0.103. The van der Waals surface area contributed by atoms with E-state index >= 15 is 0 Å². The zero-order valence-corrected chi connectivity index (χ0v) is 5.46. The molecule has 1 rings (SSSR count). The van der Waals surface area contributed by atoms with Crippen LogP contribution in [0, 0.1) is 23.2 Å². The van der Waals surface area contributed by atoms with Crippen LogP contribution in [0.25, 0.3) is 0 Å². The fraction of sp³-hybridized carbons (Fsp3) is 0. The first-order valence-corrected chi connectivity index (χ1v) is 2.77. The van der Waals surface area contributed by atoms with Crippen LogP contribution >= 0.6 is 0 Å². The average Bonchev–Trinajstić information content (AvgIpc) is 2.47. The Bertz CT molecular complexity index is 361. The number of aromatic amines is 1. The van der Waals surface area contributed by atoms with Crippen molar-refractivity contribution in [3.05, 3.63) is 17.5 Å². The highest BCUT2D eigenvalue weighted by molar-refractivity contribution is 5.74. The standard InChI is InChI=1S/C7H3N3O/c8-4-7-6(2-1-3-11)5-9-10-7/h3,5H,(H,9,10). The van der Waals surface area contributed by atoms with Crippen LogP contribution in [-0.2, 0) is 4.79 Å². The van der Waals surface area contributed by atoms with E-state index in [1.165, 1.54) is 6.20 Å². The first-order chi connectivity index (χ1) is 5.38. The summed E-state index contributed by atoms with van der Waals surface area (Å²) in [5.41, 5.74) is 0.721. The number of carbonyl (C=O) groups is 1. The molecular weight excluding hydrogens is 142 g/mol. The summed E-state index contributed by atoms with van der Waals surface area (Å²) in [6.07, 6.45) is 1.86. The van der Waals surface area contributed by atoms with Crippen LogP contribution < -0.4 is 0 Å². The van der Waals surface area contributed by atoms with E-state index in [4.69, 9.17) is 5.26 Å². The summed E-state index contributed by atoms with van der Waals surface area (Å²) in [4.78, 5) is 9.81. The third-order valence-corrected chi connectivity index (χ3v) is 1.02. The Morgan fingerprint density at radius 2 is 2.55 bits per heavy atom. The molecule has 52 valence electrons. The molecule has 0 saturated carbocycles. The largest absolute Gasteiger partial charge is 0.289 e. The van der Waals surface area contributed by atoms with E-state index in [0.717, 1.165) is 0 Å². The number of rotatable bonds is 0. The van der Waals surface area contributed by atoms with Gasteiger partial charge in [0.05, 0.1) is 11.8 Å². The monoisotopic (exact) mass is 145 g/mol. The van der Waals surface area contributed by atoms with Crippen molar-refractivity contribution in [2.75, 3.05) is 0 Å². The van der Waals surface area contributed by atoms with Gasteiger partial charge in [-0.25, -0.2) is 0 Å². The van der Waals surface area contributed by atoms with E-state index < -0.39 is 0 Å². The minimum absolute atomic E-state index is 0.277. The van der Waals surface area contributed by atoms with E-state index in [1.54, 1.807) is 0 Å². The molecule has 1 N–H and O–H groups in total. The second-order valence-corrected chi connectivity index (χ2v) is 1.66. The number of aldehydes is 1. The van der Waals surface area contributed by atoms with Crippen LogP contribution in [0.3, 0.4) is 0 Å². The van der Waals surface area contributed by atoms with Crippen molar-refractivity contribution in [1.29, 1.82) is 5.26 Å². The molecule has 0 aliphatic heterocycles. The molecular formula is C7H3N3O. The lowest BCUT2D eigenvalue weighted by Gasteiger charge is -1.76. The molecule has 0 atom stereocenters. The Labute approximate surface area is 62.8 Å². The number of nitrogens with one attached hydrogen (secondary N) is 1. The molecule has 11 heavy (non-hydrogen) atoms. The molecule has 0 radical (unpaired) electrons. The van der Waals surface area contributed by atoms with Gasteiger partial charge in [-0.1, -0.05) is 5.92 Å². The minimum Gasteiger partial charge on any atom is -0.289 e. The van der Waals surface area contributed by atoms with Gasteiger partial charge in [-0.3, -0.25) is 9.89 Å². The fourth-order valence-electron chi connectivity index (χ4n) is 0.573. The number of hydrogen-bond donors (Lipinski definition) is 1. The van der Waals surface area contributed by atoms with E-state index in [-0.39, 0.29) is 5.69 Å². The summed E-state index contributed by atoms with van der Waals surface area (Å²) >= 11 is 0. The second-order valence-electron chi connectivity index (χ2n) is 1.66. The van der Waals surface area contributed by atoms with Crippen molar-refractivity contribution in [2.24, 2.45) is 0 Å². The maximum Gasteiger partial charge on any atom is 0.193 e. The van der Waals surface area contributed by atoms with Crippen LogP contribution in [0.4, 0.5) is 0 Å². The maximum atomic E-state index is 9.81. The molecule has 4 heteroatoms. The van der Waals surface area contributed by atoms with Crippen molar-refractivity contribution in [2.45, 2.75) is 0 Å². The Morgan fingerprint density at radius 3 is 3.18 bits per heavy atom. The van der Waals surface area contributed by atoms with Gasteiger partial charge in [-0.2, -0.15) is 10.4 Å². The quantitative estimate of drug-likeness (QED) is 0.407. The Morgan fingerprint density at radius 1 is 1.73 bits per heavy atom. The van der Waals surface area contributed by atoms with Gasteiger partial charge in [0, 0.05) is 0 Å². The van der Waals surface area contributed by atoms with Crippen molar-refractivity contribution in [3.8, 4) is 17.9 Å². The number of aromatic nitrogens is 2. The molecule has 0 amide bonds. The Hall–Kier alpha value is -2.07. The zero-order valence-electron chi connectivity index (χ0n) is 5.46. The molecule has 0 aromatic carbocycles. The summed E-state index contributed by atoms with van der Waals surface area (Å²) in [5.74, 6) is 4.64. The number of carbonyl (C=O) groups excluding carboxylic acids is 1. The zero-order chi connectivity index (χ0) is 8.10. The van der Waals surface area contributed by atoms with E-state index in [0.29, 0.717) is 11.8 Å². The van der Waals surface area contributed by atoms with E-state index in [9.17, 15) is 4.79 Å². The van der Waals surface area contributed by atoms with Crippen molar-refractivity contribution >= 4 is 6.29 Å². The molecule has 1 aromatic heterocycles. The van der Waals surface area contributed by atoms with E-state index in [2.05, 4.69) is 22.0 Å². The van der Waals surface area contributed by atoms with Crippen molar-refractivity contribution < 1.29 is 4.79 Å². The Kier molecular flexibility index (Phi) is 2.04. The number of H-pyrrole nitrogens is 1. The summed E-state index contributed by atoms with van der Waals surface area (Å²) in [6, 6.07) is 1.85. The molecule has 0 fully saturated rings. The smallest absolute Gasteiger partial charge is 0.193 e. The normalized spacial score (nSPS) is 7.55. The molecule has 0 unspecified atom stereocenters. The molecule has 1 heterocycles. The van der Waals surface area contributed by atoms with Crippen molar-refractivity contribution in [1.82, 2.24) is 10.2 Å². The first kappa shape index (κ1) is 7.04. The molecule has 0 aliphatic carbocycles. The second kappa shape index (κ2) is 3.19. The van der Waals surface area contributed by atoms with Crippen LogP contribution in [0.2, 0.25) is 0 Å². The van der Waals surface area contributed by atoms with Crippen LogP contribution in [0.1, 0.15) is 11.3 Å². The number of nitriles is 1. The van der Waals surface area contributed by atoms with Gasteiger partial charge in [0.1, 0.15) is 6.07 Å². The van der Waals surface area contributed by atoms with Gasteiger partial charge in [0.15, 0.2) is 12.0 Å². The van der Waals surface area contributed by atoms with Gasteiger partial charge in [0.25, 0.3) is 0 Å². The van der Waals surface area contributed by atoms with Gasteiger partial charge in [-0.15, -0.1) is 0 Å². The molecule has 4 nitrogen and oxygen atoms in total. The van der Waals surface area contributed by atoms with Crippen molar-refractivity contribution in [3.63, 3.8) is 0 Å². The molecule has 0 saturated heterocycles. The van der Waals surface area contributed by atoms with Gasteiger partial charge in [0.2, 0.25) is 0 Å². The molecule has 1 aromatic rings. The highest BCUT2D eigenvalue weighted by Gasteiger charge is 1.98. The van der Waals surface area contributed by atoms with E-state index in [1.807, 2.05) is 6.07 Å². The predicted molar refractivity (Wildman–Crippen MR) is 36.2 cm³/mol. The van der Waals surface area contributed by atoms with Crippen LogP contribution in [-0.4, -0.2) is 16.5 Å². The first-order valence-electron chi connectivity index (χ1n) is 2.77. The molecule has 0 spiro atoms. The third kappa shape index (κ3) is 1.44.